The summed E-state index contributed by atoms with van der Waals surface area (Å²) < 4.78 is 29.3. The van der Waals surface area contributed by atoms with Crippen LogP contribution in [0.4, 0.5) is 10.6 Å². The lowest BCUT2D eigenvalue weighted by Gasteiger charge is -2.40. The van der Waals surface area contributed by atoms with Crippen molar-refractivity contribution < 1.29 is 23.7 Å². The van der Waals surface area contributed by atoms with Gasteiger partial charge < -0.3 is 33.3 Å². The van der Waals surface area contributed by atoms with Gasteiger partial charge in [-0.15, -0.1) is 0 Å². The van der Waals surface area contributed by atoms with Crippen molar-refractivity contribution in [3.63, 3.8) is 0 Å². The van der Waals surface area contributed by atoms with Gasteiger partial charge in [0.1, 0.15) is 37.3 Å². The number of nitrogens with zero attached hydrogens (tertiary/aromatic N) is 8. The Bertz CT molecular complexity index is 2130. The zero-order valence-corrected chi connectivity index (χ0v) is 43.5. The van der Waals surface area contributed by atoms with Crippen LogP contribution in [0, 0.1) is 0 Å². The van der Waals surface area contributed by atoms with E-state index in [2.05, 4.69) is 79.4 Å². The molecule has 2 unspecified atom stereocenters. The summed E-state index contributed by atoms with van der Waals surface area (Å²) in [6, 6.07) is 7.66. The first kappa shape index (κ1) is 47.5. The van der Waals surface area contributed by atoms with Crippen LogP contribution in [0.1, 0.15) is 82.4 Å². The van der Waals surface area contributed by atoms with Gasteiger partial charge in [-0.2, -0.15) is 9.61 Å². The van der Waals surface area contributed by atoms with Crippen molar-refractivity contribution in [3.05, 3.63) is 48.2 Å². The van der Waals surface area contributed by atoms with Crippen molar-refractivity contribution in [1.29, 1.82) is 0 Å². The van der Waals surface area contributed by atoms with Gasteiger partial charge in [-0.25, -0.2) is 14.8 Å². The quantitative estimate of drug-likeness (QED) is 0.0481. The highest BCUT2D eigenvalue weighted by molar-refractivity contribution is 6.76. The molecule has 2 bridgehead atoms. The lowest BCUT2D eigenvalue weighted by molar-refractivity contribution is 0.00565. The molecule has 346 valence electrons. The lowest BCUT2D eigenvalue weighted by atomic mass is 9.85. The van der Waals surface area contributed by atoms with Crippen molar-refractivity contribution in [3.8, 4) is 22.6 Å². The number of carbonyl (C=O) groups is 1. The Hall–Kier alpha value is -3.42. The molecule has 2 atom stereocenters. The summed E-state index contributed by atoms with van der Waals surface area (Å²) >= 11 is 0. The van der Waals surface area contributed by atoms with E-state index >= 15 is 0 Å². The SMILES string of the molecule is CC(C)(C)OC(=O)N1C2CCC1CC(c1nc3c(-c4ccc(-c5nccn5COCC[Si](C)(C)C)nc4)cnn3c(N(COCC[Si](C)(C)C)COCC[Si](C)(C)C)c1C1CC1)C2. The van der Waals surface area contributed by atoms with Crippen LogP contribution in [0.2, 0.25) is 77.1 Å². The number of fused-ring (bicyclic) bond motifs is 3. The fourth-order valence-electron chi connectivity index (χ4n) is 8.74. The molecule has 1 saturated carbocycles. The molecule has 0 aromatic carbocycles. The van der Waals surface area contributed by atoms with Crippen molar-refractivity contribution in [1.82, 2.24) is 34.0 Å². The number of piperidine rings is 1. The van der Waals surface area contributed by atoms with E-state index in [1.165, 1.54) is 5.56 Å². The van der Waals surface area contributed by atoms with Gasteiger partial charge in [-0.3, -0.25) is 4.98 Å². The van der Waals surface area contributed by atoms with Gasteiger partial charge in [0.2, 0.25) is 0 Å². The summed E-state index contributed by atoms with van der Waals surface area (Å²) in [5, 5.41) is 5.15. The average Bonchev–Trinajstić information content (AvgIpc) is 3.65. The fourth-order valence-corrected chi connectivity index (χ4v) is 11.0. The number of hydrogen-bond acceptors (Lipinski definition) is 10. The molecule has 2 aliphatic heterocycles. The second kappa shape index (κ2) is 19.2. The molecule has 0 radical (unpaired) electrons. The van der Waals surface area contributed by atoms with Crippen molar-refractivity contribution >= 4 is 41.8 Å². The third-order valence-corrected chi connectivity index (χ3v) is 17.5. The smallest absolute Gasteiger partial charge is 0.410 e. The largest absolute Gasteiger partial charge is 0.444 e. The minimum atomic E-state index is -1.31. The molecule has 3 fully saturated rings. The summed E-state index contributed by atoms with van der Waals surface area (Å²) in [4.78, 5) is 33.2. The molecule has 2 saturated heterocycles. The molecule has 0 N–H and O–H groups in total. The molecule has 7 rings (SSSR count). The molecule has 63 heavy (non-hydrogen) atoms. The summed E-state index contributed by atoms with van der Waals surface area (Å²) in [5.41, 5.74) is 5.30. The van der Waals surface area contributed by atoms with E-state index in [1.54, 1.807) is 0 Å². The minimum absolute atomic E-state index is 0.113. The number of hydrogen-bond donors (Lipinski definition) is 0. The van der Waals surface area contributed by atoms with Crippen LogP contribution in [-0.2, 0) is 25.7 Å². The van der Waals surface area contributed by atoms with Crippen LogP contribution in [-0.4, -0.2) is 115 Å². The average molecular weight is 917 g/mol. The molecule has 3 aliphatic rings. The summed E-state index contributed by atoms with van der Waals surface area (Å²) in [6.45, 7) is 30.7. The second-order valence-corrected chi connectivity index (χ2v) is 39.8. The highest BCUT2D eigenvalue weighted by Crippen LogP contribution is 2.52. The van der Waals surface area contributed by atoms with Crippen LogP contribution < -0.4 is 4.90 Å². The van der Waals surface area contributed by atoms with Crippen LogP contribution >= 0.6 is 0 Å². The van der Waals surface area contributed by atoms with Crippen LogP contribution in [0.25, 0.3) is 28.3 Å². The Kier molecular flexibility index (Phi) is 14.5. The van der Waals surface area contributed by atoms with Crippen LogP contribution in [0.5, 0.6) is 0 Å². The van der Waals surface area contributed by atoms with Gasteiger partial charge in [0.05, 0.1) is 11.9 Å². The normalized spacial score (nSPS) is 19.6. The van der Waals surface area contributed by atoms with Gasteiger partial charge in [0.15, 0.2) is 11.5 Å². The van der Waals surface area contributed by atoms with E-state index in [0.717, 1.165) is 103 Å². The number of rotatable bonds is 20. The van der Waals surface area contributed by atoms with E-state index in [0.29, 0.717) is 39.3 Å². The molecular weight excluding hydrogens is 841 g/mol. The maximum absolute atomic E-state index is 13.6. The van der Waals surface area contributed by atoms with Gasteiger partial charge in [0.25, 0.3) is 0 Å². The molecule has 4 aromatic rings. The van der Waals surface area contributed by atoms with E-state index in [4.69, 9.17) is 34.0 Å². The predicted molar refractivity (Wildman–Crippen MR) is 261 cm³/mol. The number of pyridine rings is 1. The van der Waals surface area contributed by atoms with E-state index in [-0.39, 0.29) is 24.1 Å². The van der Waals surface area contributed by atoms with Gasteiger partial charge in [-0.05, 0) is 89.4 Å². The lowest BCUT2D eigenvalue weighted by Crippen LogP contribution is -2.48. The Balaban J connectivity index is 1.27. The summed E-state index contributed by atoms with van der Waals surface area (Å²) in [7, 11) is -3.82. The number of carbonyl (C=O) groups excluding carboxylic acids is 1. The molecule has 16 heteroatoms. The van der Waals surface area contributed by atoms with E-state index in [9.17, 15) is 4.79 Å². The molecular formula is C47H76N8O5Si3. The summed E-state index contributed by atoms with van der Waals surface area (Å²) in [6.07, 6.45) is 13.3. The van der Waals surface area contributed by atoms with Gasteiger partial charge >= 0.3 is 6.09 Å². The number of imidazole rings is 1. The van der Waals surface area contributed by atoms with Crippen molar-refractivity contribution in [2.24, 2.45) is 0 Å². The number of aromatic nitrogens is 6. The molecule has 6 heterocycles. The molecule has 4 aromatic heterocycles. The first-order valence-electron chi connectivity index (χ1n) is 23.5. The minimum Gasteiger partial charge on any atom is -0.444 e. The highest BCUT2D eigenvalue weighted by atomic mass is 28.3. The monoisotopic (exact) mass is 917 g/mol. The van der Waals surface area contributed by atoms with Crippen LogP contribution in [0.3, 0.4) is 0 Å². The highest BCUT2D eigenvalue weighted by Gasteiger charge is 2.47. The fraction of sp³-hybridized carbons (Fsp3) is 0.681. The first-order valence-corrected chi connectivity index (χ1v) is 34.7. The third-order valence-electron chi connectivity index (χ3n) is 12.4. The maximum Gasteiger partial charge on any atom is 0.410 e. The van der Waals surface area contributed by atoms with Gasteiger partial charge in [-0.1, -0.05) is 65.0 Å². The molecule has 1 amide bonds. The molecule has 1 aliphatic carbocycles. The van der Waals surface area contributed by atoms with Crippen molar-refractivity contribution in [2.45, 2.75) is 173 Å². The maximum atomic E-state index is 13.6. The Morgan fingerprint density at radius 1 is 0.778 bits per heavy atom. The van der Waals surface area contributed by atoms with E-state index < -0.39 is 29.8 Å². The Labute approximate surface area is 379 Å². The topological polar surface area (TPSA) is 121 Å². The molecule has 0 spiro atoms. The van der Waals surface area contributed by atoms with E-state index in [1.807, 2.05) is 61.1 Å². The molecule has 13 nitrogen and oxygen atoms in total. The zero-order valence-electron chi connectivity index (χ0n) is 40.5. The van der Waals surface area contributed by atoms with Crippen LogP contribution in [0.15, 0.2) is 36.9 Å². The second-order valence-electron chi connectivity index (χ2n) is 23.0. The number of ether oxygens (including phenoxy) is 4. The third kappa shape index (κ3) is 12.5. The summed E-state index contributed by atoms with van der Waals surface area (Å²) in [5.74, 6) is 2.35. The number of amides is 1. The van der Waals surface area contributed by atoms with Crippen molar-refractivity contribution in [2.75, 3.05) is 38.2 Å². The predicted octanol–water partition coefficient (Wildman–Crippen LogP) is 10.9. The first-order chi connectivity index (χ1) is 29.6. The standard InChI is InChI=1S/C47H76N8O5Si3/c1-47(2,3)60-46(56)54-37-16-17-38(54)28-36(27-37)42-41(34-13-14-34)45(53(32-58-22-25-62(7,8)9)33-59-23-26-63(10,11)12)55-43(51-42)39(30-50-55)35-15-18-40(49-29-35)44-48-19-20-52(44)31-57-21-24-61(4,5)6/h15,18-20,29-30,34,36-38H,13-14,16-17,21-28,31-33H2,1-12H3. The Morgan fingerprint density at radius 3 is 1.92 bits per heavy atom. The zero-order chi connectivity index (χ0) is 45.3. The van der Waals surface area contributed by atoms with Gasteiger partial charge in [0, 0.05) is 97.3 Å². The number of anilines is 1. The Morgan fingerprint density at radius 2 is 1.38 bits per heavy atom.